The summed E-state index contributed by atoms with van der Waals surface area (Å²) in [7, 11) is 0. The third-order valence-electron chi connectivity index (χ3n) is 3.04. The predicted octanol–water partition coefficient (Wildman–Crippen LogP) is 5.07. The van der Waals surface area contributed by atoms with Crippen LogP contribution in [0.4, 0.5) is 0 Å². The number of benzene rings is 2. The van der Waals surface area contributed by atoms with Crippen molar-refractivity contribution in [1.82, 2.24) is 0 Å². The van der Waals surface area contributed by atoms with Crippen molar-refractivity contribution in [3.8, 4) is 5.75 Å². The van der Waals surface area contributed by atoms with Crippen LogP contribution in [-0.2, 0) is 0 Å². The Labute approximate surface area is 113 Å². The minimum absolute atomic E-state index is 0.372. The number of hydrogen-bond donors (Lipinski definition) is 1. The molecule has 0 aromatic heterocycles. The summed E-state index contributed by atoms with van der Waals surface area (Å²) in [5.41, 5.74) is 0. The van der Waals surface area contributed by atoms with E-state index < -0.39 is 0 Å². The van der Waals surface area contributed by atoms with Crippen LogP contribution < -0.4 is 0 Å². The van der Waals surface area contributed by atoms with Gasteiger partial charge in [0.25, 0.3) is 0 Å². The van der Waals surface area contributed by atoms with Gasteiger partial charge in [0.05, 0.1) is 0 Å². The predicted molar refractivity (Wildman–Crippen MR) is 80.4 cm³/mol. The van der Waals surface area contributed by atoms with Crippen LogP contribution in [0.25, 0.3) is 10.8 Å². The zero-order valence-corrected chi connectivity index (χ0v) is 11.8. The molecule has 1 N–H and O–H groups in total. The standard InChI is InChI=1S/C16H20OS/c1-12(2)6-5-11-18-16-10-9-15(17)13-7-3-4-8-14(13)16/h3-4,7-10,12,17H,5-6,11H2,1-2H3. The van der Waals surface area contributed by atoms with Crippen molar-refractivity contribution in [2.24, 2.45) is 5.92 Å². The molecule has 0 radical (unpaired) electrons. The largest absolute Gasteiger partial charge is 0.507 e. The lowest BCUT2D eigenvalue weighted by molar-refractivity contribution is 0.481. The van der Waals surface area contributed by atoms with Crippen molar-refractivity contribution >= 4 is 22.5 Å². The van der Waals surface area contributed by atoms with Crippen LogP contribution in [0, 0.1) is 5.92 Å². The number of phenolic OH excluding ortho intramolecular Hbond substituents is 1. The van der Waals surface area contributed by atoms with E-state index >= 15 is 0 Å². The zero-order chi connectivity index (χ0) is 13.0. The lowest BCUT2D eigenvalue weighted by Crippen LogP contribution is -1.89. The van der Waals surface area contributed by atoms with E-state index in [0.29, 0.717) is 5.75 Å². The van der Waals surface area contributed by atoms with Crippen molar-refractivity contribution in [2.45, 2.75) is 31.6 Å². The van der Waals surface area contributed by atoms with Gasteiger partial charge in [-0.15, -0.1) is 11.8 Å². The summed E-state index contributed by atoms with van der Waals surface area (Å²) in [6.45, 7) is 4.53. The van der Waals surface area contributed by atoms with Gasteiger partial charge in [0, 0.05) is 10.3 Å². The van der Waals surface area contributed by atoms with Crippen molar-refractivity contribution in [2.75, 3.05) is 5.75 Å². The van der Waals surface area contributed by atoms with Crippen LogP contribution >= 0.6 is 11.8 Å². The van der Waals surface area contributed by atoms with Gasteiger partial charge in [-0.25, -0.2) is 0 Å². The number of hydrogen-bond acceptors (Lipinski definition) is 2. The second-order valence-electron chi connectivity index (χ2n) is 5.01. The average Bonchev–Trinajstić information content (AvgIpc) is 2.37. The van der Waals surface area contributed by atoms with Gasteiger partial charge in [-0.05, 0) is 35.6 Å². The number of thioether (sulfide) groups is 1. The van der Waals surface area contributed by atoms with Crippen LogP contribution in [0.3, 0.4) is 0 Å². The molecule has 0 spiro atoms. The smallest absolute Gasteiger partial charge is 0.123 e. The van der Waals surface area contributed by atoms with E-state index in [9.17, 15) is 5.11 Å². The quantitative estimate of drug-likeness (QED) is 0.598. The molecule has 1 nitrogen and oxygen atoms in total. The summed E-state index contributed by atoms with van der Waals surface area (Å²) in [5, 5.41) is 11.9. The highest BCUT2D eigenvalue weighted by atomic mass is 32.2. The monoisotopic (exact) mass is 260 g/mol. The van der Waals surface area contributed by atoms with Crippen molar-refractivity contribution in [3.05, 3.63) is 36.4 Å². The van der Waals surface area contributed by atoms with Crippen molar-refractivity contribution in [1.29, 1.82) is 0 Å². The molecule has 96 valence electrons. The highest BCUT2D eigenvalue weighted by Crippen LogP contribution is 2.33. The van der Waals surface area contributed by atoms with Gasteiger partial charge in [0.2, 0.25) is 0 Å². The van der Waals surface area contributed by atoms with Crippen LogP contribution in [-0.4, -0.2) is 10.9 Å². The molecule has 2 aromatic carbocycles. The molecule has 18 heavy (non-hydrogen) atoms. The molecule has 0 bridgehead atoms. The first-order valence-corrected chi connectivity index (χ1v) is 7.50. The molecule has 0 saturated carbocycles. The Kier molecular flexibility index (Phi) is 4.54. The summed E-state index contributed by atoms with van der Waals surface area (Å²) in [6, 6.07) is 11.9. The van der Waals surface area contributed by atoms with Crippen LogP contribution in [0.2, 0.25) is 0 Å². The molecule has 2 heteroatoms. The third-order valence-corrected chi connectivity index (χ3v) is 4.20. The van der Waals surface area contributed by atoms with Crippen LogP contribution in [0.1, 0.15) is 26.7 Å². The second kappa shape index (κ2) is 6.14. The molecule has 2 aromatic rings. The maximum atomic E-state index is 9.83. The SMILES string of the molecule is CC(C)CCCSc1ccc(O)c2ccccc12. The second-order valence-corrected chi connectivity index (χ2v) is 6.15. The first-order chi connectivity index (χ1) is 8.68. The average molecular weight is 260 g/mol. The first-order valence-electron chi connectivity index (χ1n) is 6.52. The fourth-order valence-corrected chi connectivity index (χ4v) is 3.08. The Morgan fingerprint density at radius 1 is 1.06 bits per heavy atom. The summed E-state index contributed by atoms with van der Waals surface area (Å²) in [5.74, 6) is 2.30. The summed E-state index contributed by atoms with van der Waals surface area (Å²) >= 11 is 1.89. The fraction of sp³-hybridized carbons (Fsp3) is 0.375. The van der Waals surface area contributed by atoms with E-state index in [2.05, 4.69) is 19.9 Å². The molecule has 2 rings (SSSR count). The van der Waals surface area contributed by atoms with E-state index in [1.165, 1.54) is 17.7 Å². The van der Waals surface area contributed by atoms with E-state index in [-0.39, 0.29) is 0 Å². The number of rotatable bonds is 5. The van der Waals surface area contributed by atoms with Crippen molar-refractivity contribution < 1.29 is 5.11 Å². The summed E-state index contributed by atoms with van der Waals surface area (Å²) < 4.78 is 0. The molecule has 0 fully saturated rings. The summed E-state index contributed by atoms with van der Waals surface area (Å²) in [4.78, 5) is 1.27. The molecule has 0 heterocycles. The van der Waals surface area contributed by atoms with E-state index in [1.807, 2.05) is 36.0 Å². The van der Waals surface area contributed by atoms with Crippen LogP contribution in [0.5, 0.6) is 5.75 Å². The number of phenols is 1. The lowest BCUT2D eigenvalue weighted by atomic mass is 10.1. The van der Waals surface area contributed by atoms with Gasteiger partial charge < -0.3 is 5.11 Å². The highest BCUT2D eigenvalue weighted by Gasteiger charge is 2.05. The Balaban J connectivity index is 2.11. The minimum Gasteiger partial charge on any atom is -0.507 e. The Hall–Kier alpha value is -1.15. The minimum atomic E-state index is 0.372. The molecule has 0 unspecified atom stereocenters. The molecule has 0 aliphatic rings. The number of aromatic hydroxyl groups is 1. The Bertz CT molecular complexity index is 519. The van der Waals surface area contributed by atoms with E-state index in [0.717, 1.165) is 22.4 Å². The van der Waals surface area contributed by atoms with E-state index in [4.69, 9.17) is 0 Å². The Morgan fingerprint density at radius 3 is 2.50 bits per heavy atom. The molecular formula is C16H20OS. The molecule has 0 atom stereocenters. The van der Waals surface area contributed by atoms with Crippen molar-refractivity contribution in [3.63, 3.8) is 0 Å². The normalized spacial score (nSPS) is 11.3. The maximum Gasteiger partial charge on any atom is 0.123 e. The van der Waals surface area contributed by atoms with Gasteiger partial charge in [0.1, 0.15) is 5.75 Å². The molecule has 0 aliphatic heterocycles. The molecule has 0 amide bonds. The number of fused-ring (bicyclic) bond motifs is 1. The van der Waals surface area contributed by atoms with Gasteiger partial charge in [-0.2, -0.15) is 0 Å². The highest BCUT2D eigenvalue weighted by molar-refractivity contribution is 7.99. The van der Waals surface area contributed by atoms with Gasteiger partial charge >= 0.3 is 0 Å². The maximum absolute atomic E-state index is 9.83. The fourth-order valence-electron chi connectivity index (χ4n) is 2.06. The Morgan fingerprint density at radius 2 is 1.78 bits per heavy atom. The first kappa shape index (κ1) is 13.3. The van der Waals surface area contributed by atoms with Gasteiger partial charge in [0.15, 0.2) is 0 Å². The zero-order valence-electron chi connectivity index (χ0n) is 11.0. The van der Waals surface area contributed by atoms with Crippen LogP contribution in [0.15, 0.2) is 41.3 Å². The topological polar surface area (TPSA) is 20.2 Å². The summed E-state index contributed by atoms with van der Waals surface area (Å²) in [6.07, 6.45) is 2.53. The molecule has 0 saturated heterocycles. The van der Waals surface area contributed by atoms with E-state index in [1.54, 1.807) is 6.07 Å². The third kappa shape index (κ3) is 3.20. The molecular weight excluding hydrogens is 240 g/mol. The van der Waals surface area contributed by atoms with Gasteiger partial charge in [-0.1, -0.05) is 44.5 Å². The molecule has 0 aliphatic carbocycles. The van der Waals surface area contributed by atoms with Gasteiger partial charge in [-0.3, -0.25) is 0 Å². The lowest BCUT2D eigenvalue weighted by Gasteiger charge is -2.08.